The van der Waals surface area contributed by atoms with Gasteiger partial charge in [0.15, 0.2) is 17.2 Å². The number of allylic oxidation sites excluding steroid dienone is 2. The number of alkyl halides is 3. The Morgan fingerprint density at radius 2 is 1.31 bits per heavy atom. The summed E-state index contributed by atoms with van der Waals surface area (Å²) < 4.78 is 49.1. The van der Waals surface area contributed by atoms with Crippen LogP contribution in [0.1, 0.15) is 75.2 Å². The number of carbonyl (C=O) groups excluding carboxylic acids is 2. The fourth-order valence-corrected chi connectivity index (χ4v) is 6.20. The van der Waals surface area contributed by atoms with Gasteiger partial charge in [0.05, 0.1) is 26.9 Å². The highest BCUT2D eigenvalue weighted by molar-refractivity contribution is 6.34. The maximum atomic E-state index is 13.2. The molecule has 266 valence electrons. The molecule has 4 N–H and O–H groups in total. The highest BCUT2D eigenvalue weighted by atomic mass is 35.5. The molecule has 2 saturated carbocycles. The first-order valence-electron chi connectivity index (χ1n) is 16.4. The Morgan fingerprint density at radius 3 is 1.79 bits per heavy atom. The van der Waals surface area contributed by atoms with Gasteiger partial charge in [-0.3, -0.25) is 15.3 Å². The van der Waals surface area contributed by atoms with E-state index in [9.17, 15) is 22.8 Å². The third-order valence-corrected chi connectivity index (χ3v) is 9.45. The number of nitrogens with one attached hydrogen (secondary N) is 2. The summed E-state index contributed by atoms with van der Waals surface area (Å²) in [6.07, 6.45) is 6.16. The van der Waals surface area contributed by atoms with Gasteiger partial charge in [-0.1, -0.05) is 63.9 Å². The number of carbonyl (C=O) groups is 2. The van der Waals surface area contributed by atoms with Crippen LogP contribution in [0.3, 0.4) is 0 Å². The standard InChI is InChI=1S/C20H14ClF3N2O2.C18H16ClN3O2/c21-15-4-2-1-3-14(15)18-16(17(26-28-18)11-5-6-11)19(27)25-13-9-7-12(8-10-13)20(22,23)24;19-13-6-2-1-5-12(13)16-14(15(22-24-16)11-7-8-11)17(23)18(20)9-3-4-10-21-18/h1-4,7-11H,5-6H2,(H,25,27);1-6,9-11,21H,7-8,20H2. The second kappa shape index (κ2) is 14.1. The lowest BCUT2D eigenvalue weighted by Gasteiger charge is -2.26. The Morgan fingerprint density at radius 1 is 0.788 bits per heavy atom. The summed E-state index contributed by atoms with van der Waals surface area (Å²) in [6.45, 7) is 0. The minimum absolute atomic E-state index is 0.133. The van der Waals surface area contributed by atoms with E-state index in [1.165, 1.54) is 12.1 Å². The number of nitrogens with zero attached hydrogens (tertiary/aromatic N) is 2. The van der Waals surface area contributed by atoms with E-state index >= 15 is 0 Å². The van der Waals surface area contributed by atoms with Crippen LogP contribution < -0.4 is 16.4 Å². The normalized spacial score (nSPS) is 18.0. The monoisotopic (exact) mass is 747 g/mol. The maximum Gasteiger partial charge on any atom is 0.416 e. The lowest BCUT2D eigenvalue weighted by atomic mass is 9.92. The summed E-state index contributed by atoms with van der Waals surface area (Å²) in [5.74, 6) is 0.224. The number of halogens is 5. The van der Waals surface area contributed by atoms with Crippen LogP contribution in [0.25, 0.3) is 22.6 Å². The van der Waals surface area contributed by atoms with Gasteiger partial charge in [-0.25, -0.2) is 0 Å². The first-order chi connectivity index (χ1) is 24.9. The molecule has 2 aliphatic carbocycles. The molecule has 3 aliphatic rings. The number of ketones is 1. The molecule has 2 fully saturated rings. The van der Waals surface area contributed by atoms with E-state index in [1.807, 2.05) is 18.2 Å². The van der Waals surface area contributed by atoms with E-state index in [1.54, 1.807) is 54.8 Å². The number of dihydropyridines is 1. The van der Waals surface area contributed by atoms with E-state index in [4.69, 9.17) is 38.0 Å². The number of benzene rings is 3. The molecule has 3 heterocycles. The number of anilines is 1. The Kier molecular flexibility index (Phi) is 9.55. The van der Waals surface area contributed by atoms with Gasteiger partial charge >= 0.3 is 6.18 Å². The van der Waals surface area contributed by atoms with Crippen molar-refractivity contribution in [2.24, 2.45) is 5.73 Å². The summed E-state index contributed by atoms with van der Waals surface area (Å²) in [5.41, 5.74) is 7.46. The van der Waals surface area contributed by atoms with Crippen LogP contribution in [0, 0.1) is 0 Å². The SMILES string of the molecule is NC1(C(=O)c2c(C3CC3)noc2-c2ccccc2Cl)C=CC=CN1.O=C(Nc1ccc(C(F)(F)F)cc1)c1c(C2CC2)noc1-c1ccccc1Cl. The summed E-state index contributed by atoms with van der Waals surface area (Å²) in [6, 6.07) is 18.4. The highest BCUT2D eigenvalue weighted by Gasteiger charge is 2.42. The van der Waals surface area contributed by atoms with Crippen LogP contribution >= 0.6 is 23.2 Å². The van der Waals surface area contributed by atoms with Crippen molar-refractivity contribution in [3.8, 4) is 22.6 Å². The van der Waals surface area contributed by atoms with E-state index in [0.717, 1.165) is 37.8 Å². The maximum absolute atomic E-state index is 13.2. The fourth-order valence-electron chi connectivity index (χ4n) is 5.75. The molecule has 52 heavy (non-hydrogen) atoms. The van der Waals surface area contributed by atoms with Crippen LogP contribution in [0.4, 0.5) is 18.9 Å². The molecule has 0 radical (unpaired) electrons. The number of Topliss-reactive ketones (excluding diaryl/α,β-unsaturated/α-hetero) is 1. The van der Waals surface area contributed by atoms with Gasteiger partial charge in [0, 0.05) is 28.7 Å². The van der Waals surface area contributed by atoms with Gasteiger partial charge in [0.1, 0.15) is 11.3 Å². The summed E-state index contributed by atoms with van der Waals surface area (Å²) in [7, 11) is 0. The highest BCUT2D eigenvalue weighted by Crippen LogP contribution is 2.46. The van der Waals surface area contributed by atoms with Crippen molar-refractivity contribution in [1.82, 2.24) is 15.6 Å². The molecule has 5 aromatic rings. The molecule has 1 atom stereocenters. The molecule has 2 aromatic heterocycles. The molecule has 8 rings (SSSR count). The molecule has 3 aromatic carbocycles. The molecular weight excluding hydrogens is 718 g/mol. The lowest BCUT2D eigenvalue weighted by Crippen LogP contribution is -2.57. The predicted octanol–water partition coefficient (Wildman–Crippen LogP) is 9.53. The van der Waals surface area contributed by atoms with Crippen molar-refractivity contribution in [2.45, 2.75) is 49.4 Å². The summed E-state index contributed by atoms with van der Waals surface area (Å²) in [5, 5.41) is 14.7. The minimum Gasteiger partial charge on any atom is -0.364 e. The fraction of sp³-hybridized carbons (Fsp3) is 0.211. The van der Waals surface area contributed by atoms with Crippen LogP contribution in [-0.2, 0) is 6.18 Å². The van der Waals surface area contributed by atoms with E-state index < -0.39 is 23.3 Å². The van der Waals surface area contributed by atoms with Crippen LogP contribution in [0.15, 0.2) is 106 Å². The quantitative estimate of drug-likeness (QED) is 0.134. The lowest BCUT2D eigenvalue weighted by molar-refractivity contribution is -0.137. The van der Waals surface area contributed by atoms with Gasteiger partial charge in [0.25, 0.3) is 5.91 Å². The summed E-state index contributed by atoms with van der Waals surface area (Å²) >= 11 is 12.5. The third kappa shape index (κ3) is 7.27. The predicted molar refractivity (Wildman–Crippen MR) is 190 cm³/mol. The number of aromatic nitrogens is 2. The second-order valence-electron chi connectivity index (χ2n) is 12.6. The molecule has 0 spiro atoms. The van der Waals surface area contributed by atoms with Crippen molar-refractivity contribution in [3.05, 3.63) is 135 Å². The van der Waals surface area contributed by atoms with Crippen molar-refractivity contribution >= 4 is 40.6 Å². The van der Waals surface area contributed by atoms with Gasteiger partial charge in [-0.2, -0.15) is 13.2 Å². The molecule has 0 saturated heterocycles. The Labute approximate surface area is 305 Å². The van der Waals surface area contributed by atoms with Crippen molar-refractivity contribution < 1.29 is 31.8 Å². The topological polar surface area (TPSA) is 136 Å². The molecule has 0 bridgehead atoms. The van der Waals surface area contributed by atoms with Gasteiger partial charge < -0.3 is 19.7 Å². The minimum atomic E-state index is -4.44. The molecular formula is C38H30Cl2F3N5O4. The Hall–Kier alpha value is -5.17. The average molecular weight is 749 g/mol. The number of hydrogen-bond acceptors (Lipinski definition) is 8. The van der Waals surface area contributed by atoms with Gasteiger partial charge in [0.2, 0.25) is 5.78 Å². The zero-order valence-corrected chi connectivity index (χ0v) is 28.7. The smallest absolute Gasteiger partial charge is 0.364 e. The molecule has 1 aliphatic heterocycles. The molecule has 9 nitrogen and oxygen atoms in total. The van der Waals surface area contributed by atoms with Crippen molar-refractivity contribution in [1.29, 1.82) is 0 Å². The van der Waals surface area contributed by atoms with E-state index in [2.05, 4.69) is 20.9 Å². The van der Waals surface area contributed by atoms with Crippen LogP contribution in [-0.4, -0.2) is 27.7 Å². The number of nitrogens with two attached hydrogens (primary N) is 1. The first kappa shape index (κ1) is 35.2. The van der Waals surface area contributed by atoms with E-state index in [-0.39, 0.29) is 34.6 Å². The van der Waals surface area contributed by atoms with Crippen molar-refractivity contribution in [2.75, 3.05) is 5.32 Å². The summed E-state index contributed by atoms with van der Waals surface area (Å²) in [4.78, 5) is 26.2. The largest absolute Gasteiger partial charge is 0.416 e. The third-order valence-electron chi connectivity index (χ3n) is 8.79. The molecule has 14 heteroatoms. The number of hydrogen-bond donors (Lipinski definition) is 3. The Bertz CT molecular complexity index is 2200. The molecule has 1 unspecified atom stereocenters. The average Bonchev–Trinajstić information content (AvgIpc) is 4.07. The Balaban J connectivity index is 0.000000164. The first-order valence-corrected chi connectivity index (χ1v) is 17.1. The van der Waals surface area contributed by atoms with Gasteiger partial charge in [-0.05, 0) is 92.6 Å². The number of amides is 1. The van der Waals surface area contributed by atoms with Crippen LogP contribution in [0.2, 0.25) is 10.0 Å². The zero-order chi connectivity index (χ0) is 36.6. The second-order valence-corrected chi connectivity index (χ2v) is 13.5. The van der Waals surface area contributed by atoms with Gasteiger partial charge in [-0.15, -0.1) is 0 Å². The zero-order valence-electron chi connectivity index (χ0n) is 27.2. The van der Waals surface area contributed by atoms with Crippen molar-refractivity contribution in [3.63, 3.8) is 0 Å². The van der Waals surface area contributed by atoms with E-state index in [0.29, 0.717) is 43.9 Å². The molecule has 1 amide bonds. The van der Waals surface area contributed by atoms with Crippen LogP contribution in [0.5, 0.6) is 0 Å². The number of rotatable bonds is 8.